The Hall–Kier alpha value is -1.50. The molecule has 1 unspecified atom stereocenters. The molecular formula is C8H9N3O3S. The van der Waals surface area contributed by atoms with Crippen LogP contribution in [-0.2, 0) is 9.53 Å². The molecule has 0 aliphatic carbocycles. The third-order valence-electron chi connectivity index (χ3n) is 1.88. The smallest absolute Gasteiger partial charge is 0.319 e. The summed E-state index contributed by atoms with van der Waals surface area (Å²) in [5.41, 5.74) is 5.08. The van der Waals surface area contributed by atoms with Gasteiger partial charge in [0.05, 0.1) is 6.61 Å². The van der Waals surface area contributed by atoms with E-state index in [1.807, 2.05) is 0 Å². The van der Waals surface area contributed by atoms with Crippen molar-refractivity contribution in [2.24, 2.45) is 0 Å². The van der Waals surface area contributed by atoms with Gasteiger partial charge in [0.1, 0.15) is 11.1 Å². The highest BCUT2D eigenvalue weighted by molar-refractivity contribution is 8.00. The second-order valence-electron chi connectivity index (χ2n) is 3.04. The van der Waals surface area contributed by atoms with E-state index >= 15 is 0 Å². The number of nitrogens with zero attached hydrogens (tertiary/aromatic N) is 1. The van der Waals surface area contributed by atoms with Crippen molar-refractivity contribution in [1.82, 2.24) is 9.97 Å². The Bertz CT molecular complexity index is 445. The molecule has 1 aliphatic rings. The second-order valence-corrected chi connectivity index (χ2v) is 4.23. The van der Waals surface area contributed by atoms with Crippen LogP contribution in [0.15, 0.2) is 16.0 Å². The Morgan fingerprint density at radius 1 is 1.60 bits per heavy atom. The van der Waals surface area contributed by atoms with E-state index in [4.69, 9.17) is 10.5 Å². The maximum absolute atomic E-state index is 11.2. The van der Waals surface area contributed by atoms with Gasteiger partial charge in [-0.15, -0.1) is 0 Å². The SMILES string of the molecule is Nc1cc(=O)[nH]c(SC2CCOC2=O)n1. The van der Waals surface area contributed by atoms with E-state index in [1.165, 1.54) is 17.8 Å². The van der Waals surface area contributed by atoms with Crippen LogP contribution in [0.4, 0.5) is 5.82 Å². The molecule has 0 aromatic carbocycles. The lowest BCUT2D eigenvalue weighted by Gasteiger charge is -2.04. The van der Waals surface area contributed by atoms with Gasteiger partial charge in [0.25, 0.3) is 5.56 Å². The molecule has 7 heteroatoms. The number of cyclic esters (lactones) is 1. The molecule has 1 aromatic heterocycles. The van der Waals surface area contributed by atoms with E-state index < -0.39 is 0 Å². The van der Waals surface area contributed by atoms with Gasteiger partial charge in [-0.25, -0.2) is 4.98 Å². The molecule has 15 heavy (non-hydrogen) atoms. The molecule has 1 aromatic rings. The number of carbonyl (C=O) groups is 1. The molecule has 3 N–H and O–H groups in total. The average molecular weight is 227 g/mol. The first-order valence-corrected chi connectivity index (χ1v) is 5.23. The summed E-state index contributed by atoms with van der Waals surface area (Å²) in [5.74, 6) is -0.127. The Balaban J connectivity index is 2.16. The normalized spacial score (nSPS) is 20.3. The molecule has 6 nitrogen and oxygen atoms in total. The highest BCUT2D eigenvalue weighted by atomic mass is 32.2. The number of nitrogens with two attached hydrogens (primary N) is 1. The number of rotatable bonds is 2. The molecule has 1 fully saturated rings. The molecule has 1 aliphatic heterocycles. The lowest BCUT2D eigenvalue weighted by atomic mass is 10.4. The summed E-state index contributed by atoms with van der Waals surface area (Å²) in [6, 6.07) is 1.19. The molecule has 0 spiro atoms. The van der Waals surface area contributed by atoms with Gasteiger partial charge in [-0.05, 0) is 0 Å². The van der Waals surface area contributed by atoms with Gasteiger partial charge >= 0.3 is 5.97 Å². The summed E-state index contributed by atoms with van der Waals surface area (Å²) in [6.45, 7) is 0.420. The first kappa shape index (κ1) is 10.0. The molecule has 1 saturated heterocycles. The fourth-order valence-electron chi connectivity index (χ4n) is 1.23. The summed E-state index contributed by atoms with van der Waals surface area (Å²) in [7, 11) is 0. The predicted octanol–water partition coefficient (Wildman–Crippen LogP) is -0.240. The molecule has 2 heterocycles. The van der Waals surface area contributed by atoms with E-state index in [-0.39, 0.29) is 22.6 Å². The summed E-state index contributed by atoms with van der Waals surface area (Å²) < 4.78 is 4.79. The van der Waals surface area contributed by atoms with Crippen molar-refractivity contribution in [1.29, 1.82) is 0 Å². The quantitative estimate of drug-likeness (QED) is 0.534. The van der Waals surface area contributed by atoms with Crippen LogP contribution in [0, 0.1) is 0 Å². The minimum atomic E-state index is -0.323. The van der Waals surface area contributed by atoms with Crippen LogP contribution in [-0.4, -0.2) is 27.8 Å². The molecular weight excluding hydrogens is 218 g/mol. The lowest BCUT2D eigenvalue weighted by molar-refractivity contribution is -0.137. The van der Waals surface area contributed by atoms with Gasteiger partial charge in [0.2, 0.25) is 0 Å². The Morgan fingerprint density at radius 3 is 3.00 bits per heavy atom. The van der Waals surface area contributed by atoms with E-state index in [2.05, 4.69) is 9.97 Å². The highest BCUT2D eigenvalue weighted by Crippen LogP contribution is 2.26. The predicted molar refractivity (Wildman–Crippen MR) is 54.5 cm³/mol. The number of ether oxygens (including phenoxy) is 1. The molecule has 0 amide bonds. The lowest BCUT2D eigenvalue weighted by Crippen LogP contribution is -2.14. The molecule has 2 rings (SSSR count). The van der Waals surface area contributed by atoms with E-state index in [9.17, 15) is 9.59 Å². The number of aromatic amines is 1. The van der Waals surface area contributed by atoms with Crippen molar-refractivity contribution in [3.63, 3.8) is 0 Å². The van der Waals surface area contributed by atoms with Crippen molar-refractivity contribution >= 4 is 23.5 Å². The van der Waals surface area contributed by atoms with Crippen molar-refractivity contribution < 1.29 is 9.53 Å². The van der Waals surface area contributed by atoms with Crippen molar-refractivity contribution in [3.8, 4) is 0 Å². The van der Waals surface area contributed by atoms with Gasteiger partial charge in [-0.3, -0.25) is 9.59 Å². The zero-order valence-electron chi connectivity index (χ0n) is 7.73. The standard InChI is InChI=1S/C8H9N3O3S/c9-5-3-6(12)11-8(10-5)15-4-1-2-14-7(4)13/h3-4H,1-2H2,(H3,9,10,11,12). The van der Waals surface area contributed by atoms with Gasteiger partial charge in [0.15, 0.2) is 5.16 Å². The van der Waals surface area contributed by atoms with Crippen LogP contribution in [0.5, 0.6) is 0 Å². The highest BCUT2D eigenvalue weighted by Gasteiger charge is 2.28. The maximum atomic E-state index is 11.2. The molecule has 0 radical (unpaired) electrons. The summed E-state index contributed by atoms with van der Waals surface area (Å²) in [4.78, 5) is 28.6. The first-order chi connectivity index (χ1) is 7.15. The number of hydrogen-bond donors (Lipinski definition) is 2. The van der Waals surface area contributed by atoms with Gasteiger partial charge in [-0.2, -0.15) is 0 Å². The Labute approximate surface area is 89.2 Å². The number of aromatic nitrogens is 2. The van der Waals surface area contributed by atoms with Crippen molar-refractivity contribution in [2.45, 2.75) is 16.8 Å². The number of thioether (sulfide) groups is 1. The number of carbonyl (C=O) groups excluding carboxylic acids is 1. The molecule has 1 atom stereocenters. The van der Waals surface area contributed by atoms with Crippen LogP contribution in [0.3, 0.4) is 0 Å². The van der Waals surface area contributed by atoms with E-state index in [0.29, 0.717) is 18.2 Å². The molecule has 0 bridgehead atoms. The van der Waals surface area contributed by atoms with Gasteiger partial charge in [-0.1, -0.05) is 11.8 Å². The Morgan fingerprint density at radius 2 is 2.40 bits per heavy atom. The molecule has 0 saturated carbocycles. The second kappa shape index (κ2) is 3.93. The minimum absolute atomic E-state index is 0.146. The van der Waals surface area contributed by atoms with E-state index in [0.717, 1.165) is 0 Å². The zero-order valence-corrected chi connectivity index (χ0v) is 8.54. The van der Waals surface area contributed by atoms with Crippen LogP contribution in [0.1, 0.15) is 6.42 Å². The van der Waals surface area contributed by atoms with Crippen LogP contribution in [0.2, 0.25) is 0 Å². The average Bonchev–Trinajstić information content (AvgIpc) is 2.50. The third-order valence-corrected chi connectivity index (χ3v) is 3.01. The largest absolute Gasteiger partial charge is 0.465 e. The fraction of sp³-hybridized carbons (Fsp3) is 0.375. The van der Waals surface area contributed by atoms with Gasteiger partial charge < -0.3 is 15.5 Å². The third kappa shape index (κ3) is 2.30. The van der Waals surface area contributed by atoms with Crippen molar-refractivity contribution in [2.75, 3.05) is 12.3 Å². The van der Waals surface area contributed by atoms with Crippen LogP contribution in [0.25, 0.3) is 0 Å². The monoisotopic (exact) mass is 227 g/mol. The summed E-state index contributed by atoms with van der Waals surface area (Å²) in [6.07, 6.45) is 0.627. The number of anilines is 1. The number of nitrogen functional groups attached to an aromatic ring is 1. The summed E-state index contributed by atoms with van der Waals surface area (Å²) in [5, 5.41) is 0.0544. The maximum Gasteiger partial charge on any atom is 0.319 e. The zero-order chi connectivity index (χ0) is 10.8. The van der Waals surface area contributed by atoms with E-state index in [1.54, 1.807) is 0 Å². The molecule has 80 valence electrons. The van der Waals surface area contributed by atoms with Gasteiger partial charge in [0, 0.05) is 12.5 Å². The van der Waals surface area contributed by atoms with Crippen LogP contribution >= 0.6 is 11.8 Å². The van der Waals surface area contributed by atoms with Crippen LogP contribution < -0.4 is 11.3 Å². The first-order valence-electron chi connectivity index (χ1n) is 4.35. The topological polar surface area (TPSA) is 98.1 Å². The number of hydrogen-bond acceptors (Lipinski definition) is 6. The Kier molecular flexibility index (Phi) is 2.63. The number of nitrogens with one attached hydrogen (secondary N) is 1. The number of H-pyrrole nitrogens is 1. The minimum Gasteiger partial charge on any atom is -0.465 e. The fourth-order valence-corrected chi connectivity index (χ4v) is 2.19. The summed E-state index contributed by atoms with van der Waals surface area (Å²) >= 11 is 1.17. The number of esters is 1. The van der Waals surface area contributed by atoms with Crippen molar-refractivity contribution in [3.05, 3.63) is 16.4 Å².